The Hall–Kier alpha value is -3.19. The number of hydrogen-bond acceptors (Lipinski definition) is 5. The Morgan fingerprint density at radius 1 is 1.27 bits per heavy atom. The van der Waals surface area contributed by atoms with Crippen LogP contribution in [-0.2, 0) is 10.2 Å². The summed E-state index contributed by atoms with van der Waals surface area (Å²) in [4.78, 5) is 33.6. The molecule has 1 aromatic heterocycles. The van der Waals surface area contributed by atoms with Gasteiger partial charge < -0.3 is 15.0 Å². The number of ether oxygens (including phenoxy) is 1. The van der Waals surface area contributed by atoms with Crippen LogP contribution in [0.15, 0.2) is 54.7 Å². The first kappa shape index (κ1) is 18.8. The van der Waals surface area contributed by atoms with E-state index in [2.05, 4.69) is 10.3 Å². The number of benzene rings is 2. The van der Waals surface area contributed by atoms with Gasteiger partial charge in [0.05, 0.1) is 24.4 Å². The fourth-order valence-corrected chi connectivity index (χ4v) is 5.52. The number of nitrogens with zero attached hydrogens (tertiary/aromatic N) is 2. The topological polar surface area (TPSA) is 71.5 Å². The molecule has 152 valence electrons. The highest BCUT2D eigenvalue weighted by Crippen LogP contribution is 2.55. The SMILES string of the molecule is COc1cccc([C@@H]2N(C(=O)c3cnc(C)s3)CC[C@]23C(=O)Nc2ccccc23)c1. The van der Waals surface area contributed by atoms with Crippen LogP contribution >= 0.6 is 11.3 Å². The van der Waals surface area contributed by atoms with Crippen LogP contribution in [0.1, 0.15) is 38.3 Å². The van der Waals surface area contributed by atoms with E-state index in [9.17, 15) is 9.59 Å². The maximum atomic E-state index is 13.5. The number of aryl methyl sites for hydroxylation is 1. The molecule has 0 aliphatic carbocycles. The number of methoxy groups -OCH3 is 1. The van der Waals surface area contributed by atoms with Crippen molar-refractivity contribution in [2.45, 2.75) is 24.8 Å². The predicted molar refractivity (Wildman–Crippen MR) is 115 cm³/mol. The van der Waals surface area contributed by atoms with Crippen molar-refractivity contribution in [3.8, 4) is 5.75 Å². The van der Waals surface area contributed by atoms with Gasteiger partial charge in [-0.25, -0.2) is 4.98 Å². The third kappa shape index (κ3) is 2.65. The Morgan fingerprint density at radius 3 is 2.87 bits per heavy atom. The van der Waals surface area contributed by atoms with Gasteiger partial charge in [0.15, 0.2) is 0 Å². The smallest absolute Gasteiger partial charge is 0.266 e. The van der Waals surface area contributed by atoms with Gasteiger partial charge in [0.25, 0.3) is 5.91 Å². The molecule has 0 radical (unpaired) electrons. The largest absolute Gasteiger partial charge is 0.497 e. The van der Waals surface area contributed by atoms with E-state index in [1.165, 1.54) is 11.3 Å². The Morgan fingerprint density at radius 2 is 2.10 bits per heavy atom. The molecule has 3 heterocycles. The highest BCUT2D eigenvalue weighted by atomic mass is 32.1. The predicted octanol–water partition coefficient (Wildman–Crippen LogP) is 3.94. The number of rotatable bonds is 3. The molecule has 2 aliphatic heterocycles. The van der Waals surface area contributed by atoms with Gasteiger partial charge in [-0.3, -0.25) is 9.59 Å². The molecule has 1 N–H and O–H groups in total. The molecular formula is C23H21N3O3S. The van der Waals surface area contributed by atoms with Crippen molar-refractivity contribution in [2.75, 3.05) is 19.0 Å². The third-order valence-electron chi connectivity index (χ3n) is 6.09. The summed E-state index contributed by atoms with van der Waals surface area (Å²) < 4.78 is 5.43. The summed E-state index contributed by atoms with van der Waals surface area (Å²) in [5.41, 5.74) is 1.81. The minimum atomic E-state index is -0.835. The van der Waals surface area contributed by atoms with E-state index in [-0.39, 0.29) is 11.8 Å². The number of likely N-dealkylation sites (tertiary alicyclic amines) is 1. The summed E-state index contributed by atoms with van der Waals surface area (Å²) >= 11 is 1.38. The zero-order chi connectivity index (χ0) is 20.9. The maximum Gasteiger partial charge on any atom is 0.266 e. The number of carbonyl (C=O) groups is 2. The van der Waals surface area contributed by atoms with E-state index in [0.29, 0.717) is 23.6 Å². The van der Waals surface area contributed by atoms with Crippen molar-refractivity contribution in [1.82, 2.24) is 9.88 Å². The van der Waals surface area contributed by atoms with E-state index in [4.69, 9.17) is 4.74 Å². The number of aromatic nitrogens is 1. The van der Waals surface area contributed by atoms with Gasteiger partial charge in [0.2, 0.25) is 5.91 Å². The quantitative estimate of drug-likeness (QED) is 0.698. The normalized spacial score (nSPS) is 22.3. The van der Waals surface area contributed by atoms with Gasteiger partial charge in [-0.2, -0.15) is 0 Å². The second-order valence-corrected chi connectivity index (χ2v) is 8.88. The summed E-state index contributed by atoms with van der Waals surface area (Å²) in [5, 5.41) is 3.89. The Balaban J connectivity index is 1.68. The van der Waals surface area contributed by atoms with E-state index in [0.717, 1.165) is 21.8 Å². The Bertz CT molecular complexity index is 1160. The third-order valence-corrected chi connectivity index (χ3v) is 6.99. The molecular weight excluding hydrogens is 398 g/mol. The Kier molecular flexibility index (Phi) is 4.36. The number of thiazole rings is 1. The van der Waals surface area contributed by atoms with Gasteiger partial charge >= 0.3 is 0 Å². The Labute approximate surface area is 178 Å². The van der Waals surface area contributed by atoms with Gasteiger partial charge in [-0.15, -0.1) is 11.3 Å². The molecule has 0 bridgehead atoms. The van der Waals surface area contributed by atoms with Crippen LogP contribution in [0.3, 0.4) is 0 Å². The van der Waals surface area contributed by atoms with Crippen LogP contribution in [0.2, 0.25) is 0 Å². The minimum Gasteiger partial charge on any atom is -0.497 e. The lowest BCUT2D eigenvalue weighted by Crippen LogP contribution is -2.42. The van der Waals surface area contributed by atoms with Gasteiger partial charge in [0, 0.05) is 12.2 Å². The van der Waals surface area contributed by atoms with Crippen LogP contribution in [0.5, 0.6) is 5.75 Å². The lowest BCUT2D eigenvalue weighted by atomic mass is 9.72. The molecule has 1 spiro atoms. The van der Waals surface area contributed by atoms with Crippen LogP contribution < -0.4 is 10.1 Å². The van der Waals surface area contributed by atoms with Gasteiger partial charge in [0.1, 0.15) is 16.0 Å². The number of carbonyl (C=O) groups excluding carboxylic acids is 2. The molecule has 1 saturated heterocycles. The number of amides is 2. The average Bonchev–Trinajstić information content (AvgIpc) is 3.45. The molecule has 2 amide bonds. The standard InChI is InChI=1S/C23H21N3O3S/c1-14-24-13-19(30-14)21(27)26-11-10-23(17-8-3-4-9-18(17)25-22(23)28)20(26)15-6-5-7-16(12-15)29-2/h3-9,12-13,20H,10-11H2,1-2H3,(H,25,28)/t20-,23+/m0/s1. The number of para-hydroxylation sites is 1. The molecule has 6 nitrogen and oxygen atoms in total. The number of nitrogens with one attached hydrogen (secondary N) is 1. The van der Waals surface area contributed by atoms with Crippen molar-refractivity contribution in [1.29, 1.82) is 0 Å². The first-order valence-electron chi connectivity index (χ1n) is 9.83. The van der Waals surface area contributed by atoms with Crippen molar-refractivity contribution in [3.63, 3.8) is 0 Å². The zero-order valence-corrected chi connectivity index (χ0v) is 17.5. The summed E-state index contributed by atoms with van der Waals surface area (Å²) in [6.45, 7) is 2.37. The fourth-order valence-electron chi connectivity index (χ4n) is 4.78. The van der Waals surface area contributed by atoms with Gasteiger partial charge in [-0.1, -0.05) is 30.3 Å². The zero-order valence-electron chi connectivity index (χ0n) is 16.7. The lowest BCUT2D eigenvalue weighted by Gasteiger charge is -2.34. The monoisotopic (exact) mass is 419 g/mol. The molecule has 2 aromatic carbocycles. The molecule has 3 aromatic rings. The molecule has 1 fully saturated rings. The highest BCUT2D eigenvalue weighted by molar-refractivity contribution is 7.13. The van der Waals surface area contributed by atoms with Crippen molar-refractivity contribution < 1.29 is 14.3 Å². The molecule has 5 rings (SSSR count). The van der Waals surface area contributed by atoms with Crippen LogP contribution in [-0.4, -0.2) is 35.4 Å². The summed E-state index contributed by atoms with van der Waals surface area (Å²) in [5.74, 6) is 0.539. The molecule has 2 atom stereocenters. The highest BCUT2D eigenvalue weighted by Gasteiger charge is 2.59. The van der Waals surface area contributed by atoms with Crippen LogP contribution in [0, 0.1) is 6.92 Å². The first-order valence-corrected chi connectivity index (χ1v) is 10.6. The fraction of sp³-hybridized carbons (Fsp3) is 0.261. The van der Waals surface area contributed by atoms with E-state index >= 15 is 0 Å². The second-order valence-electron chi connectivity index (χ2n) is 7.64. The summed E-state index contributed by atoms with van der Waals surface area (Å²) in [7, 11) is 1.62. The molecule has 30 heavy (non-hydrogen) atoms. The molecule has 0 unspecified atom stereocenters. The van der Waals surface area contributed by atoms with Crippen LogP contribution in [0.25, 0.3) is 0 Å². The maximum absolute atomic E-state index is 13.5. The number of fused-ring (bicyclic) bond motifs is 2. The first-order chi connectivity index (χ1) is 14.5. The van der Waals surface area contributed by atoms with Gasteiger partial charge in [-0.05, 0) is 42.7 Å². The van der Waals surface area contributed by atoms with E-state index in [1.54, 1.807) is 13.3 Å². The minimum absolute atomic E-state index is 0.0627. The summed E-state index contributed by atoms with van der Waals surface area (Å²) in [6, 6.07) is 15.0. The molecule has 7 heteroatoms. The molecule has 2 aliphatic rings. The number of anilines is 1. The molecule has 0 saturated carbocycles. The number of hydrogen-bond donors (Lipinski definition) is 1. The van der Waals surface area contributed by atoms with E-state index in [1.807, 2.05) is 60.4 Å². The second kappa shape index (κ2) is 6.95. The summed E-state index contributed by atoms with van der Waals surface area (Å²) in [6.07, 6.45) is 2.18. The van der Waals surface area contributed by atoms with E-state index < -0.39 is 11.5 Å². The van der Waals surface area contributed by atoms with Crippen LogP contribution in [0.4, 0.5) is 5.69 Å². The van der Waals surface area contributed by atoms with Crippen molar-refractivity contribution in [2.24, 2.45) is 0 Å². The average molecular weight is 420 g/mol. The lowest BCUT2D eigenvalue weighted by molar-refractivity contribution is -0.121. The van der Waals surface area contributed by atoms with Crippen molar-refractivity contribution >= 4 is 28.8 Å². The van der Waals surface area contributed by atoms with Crippen molar-refractivity contribution in [3.05, 3.63) is 75.7 Å².